The van der Waals surface area contributed by atoms with E-state index in [1.165, 1.54) is 6.20 Å². The third-order valence-corrected chi connectivity index (χ3v) is 2.95. The van der Waals surface area contributed by atoms with Gasteiger partial charge in [-0.1, -0.05) is 13.0 Å². The lowest BCUT2D eigenvalue weighted by Crippen LogP contribution is -2.32. The fourth-order valence-electron chi connectivity index (χ4n) is 1.82. The van der Waals surface area contributed by atoms with Gasteiger partial charge in [-0.2, -0.15) is 0 Å². The van der Waals surface area contributed by atoms with Crippen LogP contribution in [0.1, 0.15) is 29.4 Å². The molecule has 2 aromatic heterocycles. The molecule has 6 nitrogen and oxygen atoms in total. The van der Waals surface area contributed by atoms with Gasteiger partial charge in [-0.3, -0.25) is 9.78 Å². The molecule has 0 aliphatic heterocycles. The van der Waals surface area contributed by atoms with Crippen LogP contribution in [0, 0.1) is 6.92 Å². The fraction of sp³-hybridized carbons (Fsp3) is 0.250. The van der Waals surface area contributed by atoms with Crippen LogP contribution in [0.15, 0.2) is 42.7 Å². The van der Waals surface area contributed by atoms with Crippen molar-refractivity contribution in [1.29, 1.82) is 0 Å². The number of rotatable bonds is 5. The summed E-state index contributed by atoms with van der Waals surface area (Å²) in [7, 11) is 0. The molecule has 1 atom stereocenters. The minimum Gasteiger partial charge on any atom is -0.449 e. The summed E-state index contributed by atoms with van der Waals surface area (Å²) in [5, 5.41) is 2.65. The van der Waals surface area contributed by atoms with E-state index < -0.39 is 18.0 Å². The van der Waals surface area contributed by atoms with Crippen molar-refractivity contribution >= 4 is 17.7 Å². The van der Waals surface area contributed by atoms with Crippen LogP contribution in [0.5, 0.6) is 0 Å². The molecule has 1 unspecified atom stereocenters. The van der Waals surface area contributed by atoms with Gasteiger partial charge in [0.2, 0.25) is 0 Å². The monoisotopic (exact) mass is 299 g/mol. The highest BCUT2D eigenvalue weighted by molar-refractivity contribution is 5.96. The molecule has 0 spiro atoms. The van der Waals surface area contributed by atoms with E-state index in [4.69, 9.17) is 4.74 Å². The Hall–Kier alpha value is -2.76. The van der Waals surface area contributed by atoms with Crippen molar-refractivity contribution in [3.63, 3.8) is 0 Å². The SMILES string of the molecule is CCC(OC(=O)c1cccnc1)C(=O)Nc1cccc(C)n1. The lowest BCUT2D eigenvalue weighted by molar-refractivity contribution is -0.124. The molecule has 0 saturated carbocycles. The van der Waals surface area contributed by atoms with Crippen molar-refractivity contribution in [2.24, 2.45) is 0 Å². The second kappa shape index (κ2) is 7.31. The van der Waals surface area contributed by atoms with Crippen LogP contribution >= 0.6 is 0 Å². The summed E-state index contributed by atoms with van der Waals surface area (Å²) in [5.41, 5.74) is 1.10. The second-order valence-corrected chi connectivity index (χ2v) is 4.70. The van der Waals surface area contributed by atoms with Gasteiger partial charge >= 0.3 is 5.97 Å². The zero-order valence-corrected chi connectivity index (χ0v) is 12.4. The number of carbonyl (C=O) groups excluding carboxylic acids is 2. The van der Waals surface area contributed by atoms with Crippen molar-refractivity contribution in [2.45, 2.75) is 26.4 Å². The van der Waals surface area contributed by atoms with E-state index in [9.17, 15) is 9.59 Å². The van der Waals surface area contributed by atoms with Gasteiger partial charge in [0.25, 0.3) is 5.91 Å². The maximum Gasteiger partial charge on any atom is 0.340 e. The number of anilines is 1. The summed E-state index contributed by atoms with van der Waals surface area (Å²) in [4.78, 5) is 32.2. The molecule has 22 heavy (non-hydrogen) atoms. The van der Waals surface area contributed by atoms with E-state index in [0.717, 1.165) is 5.69 Å². The van der Waals surface area contributed by atoms with Crippen molar-refractivity contribution in [1.82, 2.24) is 9.97 Å². The third-order valence-electron chi connectivity index (χ3n) is 2.95. The number of nitrogens with zero attached hydrogens (tertiary/aromatic N) is 2. The highest BCUT2D eigenvalue weighted by atomic mass is 16.5. The van der Waals surface area contributed by atoms with Crippen LogP contribution in [-0.2, 0) is 9.53 Å². The van der Waals surface area contributed by atoms with E-state index in [1.54, 1.807) is 37.4 Å². The molecule has 6 heteroatoms. The quantitative estimate of drug-likeness (QED) is 0.857. The van der Waals surface area contributed by atoms with E-state index in [1.807, 2.05) is 13.0 Å². The van der Waals surface area contributed by atoms with Gasteiger partial charge in [0, 0.05) is 18.1 Å². The molecule has 1 amide bonds. The Bertz CT molecular complexity index is 659. The van der Waals surface area contributed by atoms with Gasteiger partial charge in [0.1, 0.15) is 5.82 Å². The van der Waals surface area contributed by atoms with Gasteiger partial charge in [-0.15, -0.1) is 0 Å². The molecule has 0 fully saturated rings. The standard InChI is InChI=1S/C16H17N3O3/c1-3-13(22-16(21)12-7-5-9-17-10-12)15(20)19-14-8-4-6-11(2)18-14/h4-10,13H,3H2,1-2H3,(H,18,19,20). The minimum absolute atomic E-state index is 0.308. The van der Waals surface area contributed by atoms with Gasteiger partial charge in [-0.05, 0) is 37.6 Å². The number of aromatic nitrogens is 2. The van der Waals surface area contributed by atoms with Crippen molar-refractivity contribution in [3.05, 3.63) is 54.0 Å². The molecular formula is C16H17N3O3. The zero-order chi connectivity index (χ0) is 15.9. The lowest BCUT2D eigenvalue weighted by atomic mass is 10.2. The molecule has 0 aliphatic rings. The molecule has 0 radical (unpaired) electrons. The van der Waals surface area contributed by atoms with Crippen LogP contribution < -0.4 is 5.32 Å². The highest BCUT2D eigenvalue weighted by Gasteiger charge is 2.22. The Kier molecular flexibility index (Phi) is 5.19. The summed E-state index contributed by atoms with van der Waals surface area (Å²) in [6.45, 7) is 3.60. The zero-order valence-electron chi connectivity index (χ0n) is 12.4. The van der Waals surface area contributed by atoms with Crippen LogP contribution in [0.2, 0.25) is 0 Å². The number of ether oxygens (including phenoxy) is 1. The molecule has 2 aromatic rings. The predicted octanol–water partition coefficient (Wildman–Crippen LogP) is 2.36. The first-order valence-electron chi connectivity index (χ1n) is 6.95. The van der Waals surface area contributed by atoms with Crippen LogP contribution in [0.3, 0.4) is 0 Å². The Morgan fingerprint density at radius 2 is 2.09 bits per heavy atom. The maximum atomic E-state index is 12.2. The molecule has 0 bridgehead atoms. The Labute approximate surface area is 128 Å². The molecule has 114 valence electrons. The van der Waals surface area contributed by atoms with Gasteiger partial charge in [-0.25, -0.2) is 9.78 Å². The number of amides is 1. The first-order chi connectivity index (χ1) is 10.6. The molecule has 2 rings (SSSR count). The number of hydrogen-bond donors (Lipinski definition) is 1. The summed E-state index contributed by atoms with van der Waals surface area (Å²) in [6.07, 6.45) is 2.44. The first-order valence-corrected chi connectivity index (χ1v) is 6.95. The molecule has 0 saturated heterocycles. The fourth-order valence-corrected chi connectivity index (χ4v) is 1.82. The molecule has 0 aliphatic carbocycles. The average Bonchev–Trinajstić information content (AvgIpc) is 2.53. The Balaban J connectivity index is 2.02. The van der Waals surface area contributed by atoms with Crippen molar-refractivity contribution < 1.29 is 14.3 Å². The smallest absolute Gasteiger partial charge is 0.340 e. The maximum absolute atomic E-state index is 12.2. The molecular weight excluding hydrogens is 282 g/mol. The second-order valence-electron chi connectivity index (χ2n) is 4.70. The average molecular weight is 299 g/mol. The largest absolute Gasteiger partial charge is 0.449 e. The van der Waals surface area contributed by atoms with Crippen LogP contribution in [0.25, 0.3) is 0 Å². The van der Waals surface area contributed by atoms with Crippen LogP contribution in [0.4, 0.5) is 5.82 Å². The Morgan fingerprint density at radius 3 is 2.73 bits per heavy atom. The minimum atomic E-state index is -0.880. The number of pyridine rings is 2. The molecule has 2 heterocycles. The van der Waals surface area contributed by atoms with E-state index in [0.29, 0.717) is 17.8 Å². The first kappa shape index (κ1) is 15.6. The van der Waals surface area contributed by atoms with Gasteiger partial charge in [0.15, 0.2) is 6.10 Å². The number of esters is 1. The number of carbonyl (C=O) groups is 2. The summed E-state index contributed by atoms with van der Waals surface area (Å²) in [6, 6.07) is 8.52. The van der Waals surface area contributed by atoms with Gasteiger partial charge < -0.3 is 10.1 Å². The van der Waals surface area contributed by atoms with E-state index >= 15 is 0 Å². The predicted molar refractivity (Wildman–Crippen MR) is 81.3 cm³/mol. The third kappa shape index (κ3) is 4.12. The normalized spacial score (nSPS) is 11.5. The van der Waals surface area contributed by atoms with E-state index in [2.05, 4.69) is 15.3 Å². The lowest BCUT2D eigenvalue weighted by Gasteiger charge is -2.15. The topological polar surface area (TPSA) is 81.2 Å². The van der Waals surface area contributed by atoms with Crippen molar-refractivity contribution in [3.8, 4) is 0 Å². The number of nitrogens with one attached hydrogen (secondary N) is 1. The summed E-state index contributed by atoms with van der Waals surface area (Å²) >= 11 is 0. The molecule has 1 N–H and O–H groups in total. The molecule has 0 aromatic carbocycles. The highest BCUT2D eigenvalue weighted by Crippen LogP contribution is 2.09. The number of hydrogen-bond acceptors (Lipinski definition) is 5. The summed E-state index contributed by atoms with van der Waals surface area (Å²) < 4.78 is 5.23. The Morgan fingerprint density at radius 1 is 1.27 bits per heavy atom. The summed E-state index contributed by atoms with van der Waals surface area (Å²) in [5.74, 6) is -0.550. The van der Waals surface area contributed by atoms with Crippen molar-refractivity contribution in [2.75, 3.05) is 5.32 Å². The van der Waals surface area contributed by atoms with Gasteiger partial charge in [0.05, 0.1) is 5.56 Å². The van der Waals surface area contributed by atoms with Crippen LogP contribution in [-0.4, -0.2) is 27.9 Å². The number of aryl methyl sites for hydroxylation is 1. The van der Waals surface area contributed by atoms with E-state index in [-0.39, 0.29) is 0 Å².